The number of nitrogens with one attached hydrogen (secondary N) is 2. The molecule has 0 bridgehead atoms. The van der Waals surface area contributed by atoms with Gasteiger partial charge < -0.3 is 10.6 Å². The summed E-state index contributed by atoms with van der Waals surface area (Å²) >= 11 is 0. The van der Waals surface area contributed by atoms with Crippen molar-refractivity contribution in [3.05, 3.63) is 0 Å². The van der Waals surface area contributed by atoms with Crippen LogP contribution in [0.5, 0.6) is 0 Å². The minimum Gasteiger partial charge on any atom is -0.353 e. The maximum absolute atomic E-state index is 11.8. The highest BCUT2D eigenvalue weighted by molar-refractivity contribution is 5.76. The van der Waals surface area contributed by atoms with Gasteiger partial charge in [-0.3, -0.25) is 9.59 Å². The van der Waals surface area contributed by atoms with E-state index in [1.807, 2.05) is 13.8 Å². The van der Waals surface area contributed by atoms with E-state index < -0.39 is 0 Å². The highest BCUT2D eigenvalue weighted by Crippen LogP contribution is 2.48. The Balaban J connectivity index is 2.97. The molecule has 0 aromatic carbocycles. The lowest BCUT2D eigenvalue weighted by Crippen LogP contribution is -2.54. The van der Waals surface area contributed by atoms with Crippen molar-refractivity contribution in [3.8, 4) is 0 Å². The van der Waals surface area contributed by atoms with Crippen LogP contribution in [0.1, 0.15) is 73.6 Å². The molecule has 2 N–H and O–H groups in total. The van der Waals surface area contributed by atoms with Crippen LogP contribution >= 0.6 is 0 Å². The van der Waals surface area contributed by atoms with Crippen LogP contribution in [-0.2, 0) is 9.59 Å². The number of rotatable bonds is 6. The Hall–Kier alpha value is -1.06. The van der Waals surface area contributed by atoms with Crippen molar-refractivity contribution in [1.82, 2.24) is 10.6 Å². The lowest BCUT2D eigenvalue weighted by molar-refractivity contribution is -0.123. The first-order chi connectivity index (χ1) is 10.2. The lowest BCUT2D eigenvalue weighted by Gasteiger charge is -2.50. The number of hydrogen-bond acceptors (Lipinski definition) is 2. The van der Waals surface area contributed by atoms with Crippen molar-refractivity contribution in [2.24, 2.45) is 17.3 Å². The third-order valence-electron chi connectivity index (χ3n) is 5.49. The van der Waals surface area contributed by atoms with E-state index in [0.29, 0.717) is 24.7 Å². The van der Waals surface area contributed by atoms with Gasteiger partial charge in [-0.15, -0.1) is 0 Å². The van der Waals surface area contributed by atoms with Crippen LogP contribution in [0.3, 0.4) is 0 Å². The molecule has 0 aliphatic heterocycles. The highest BCUT2D eigenvalue weighted by atomic mass is 16.2. The van der Waals surface area contributed by atoms with Crippen molar-refractivity contribution in [1.29, 1.82) is 0 Å². The monoisotopic (exact) mass is 310 g/mol. The predicted molar refractivity (Wildman–Crippen MR) is 90.4 cm³/mol. The Morgan fingerprint density at radius 1 is 0.909 bits per heavy atom. The van der Waals surface area contributed by atoms with E-state index in [4.69, 9.17) is 0 Å². The summed E-state index contributed by atoms with van der Waals surface area (Å²) in [5, 5.41) is 6.33. The third kappa shape index (κ3) is 4.47. The normalized spacial score (nSPS) is 24.4. The van der Waals surface area contributed by atoms with Crippen molar-refractivity contribution in [3.63, 3.8) is 0 Å². The Kier molecular flexibility index (Phi) is 6.89. The van der Waals surface area contributed by atoms with Gasteiger partial charge in [0, 0.05) is 24.9 Å². The van der Waals surface area contributed by atoms with Gasteiger partial charge in [-0.05, 0) is 36.5 Å². The molecule has 1 rings (SSSR count). The molecule has 22 heavy (non-hydrogen) atoms. The minimum absolute atomic E-state index is 0.105. The largest absolute Gasteiger partial charge is 0.353 e. The van der Waals surface area contributed by atoms with E-state index in [9.17, 15) is 9.59 Å². The van der Waals surface area contributed by atoms with Crippen LogP contribution in [0.2, 0.25) is 0 Å². The van der Waals surface area contributed by atoms with Crippen LogP contribution in [0, 0.1) is 17.3 Å². The van der Waals surface area contributed by atoms with Gasteiger partial charge >= 0.3 is 0 Å². The standard InChI is InChI=1S/C18H34N2O2/c1-7-16(21)19-14-9-15(20-17(22)8-2)11-18(10-14,12(3)4)13(5)6/h12-15H,7-11H2,1-6H3,(H,19,21)(H,20,22). The van der Waals surface area contributed by atoms with E-state index >= 15 is 0 Å². The summed E-state index contributed by atoms with van der Waals surface area (Å²) in [6, 6.07) is 0.321. The molecule has 1 aliphatic carbocycles. The fourth-order valence-corrected chi connectivity index (χ4v) is 4.00. The average Bonchev–Trinajstić information content (AvgIpc) is 2.45. The molecule has 2 atom stereocenters. The first-order valence-electron chi connectivity index (χ1n) is 8.83. The van der Waals surface area contributed by atoms with Crippen molar-refractivity contribution >= 4 is 11.8 Å². The Morgan fingerprint density at radius 3 is 1.55 bits per heavy atom. The topological polar surface area (TPSA) is 58.2 Å². The minimum atomic E-state index is 0.105. The van der Waals surface area contributed by atoms with E-state index in [-0.39, 0.29) is 29.3 Å². The maximum Gasteiger partial charge on any atom is 0.219 e. The number of carbonyl (C=O) groups excluding carboxylic acids is 2. The maximum atomic E-state index is 11.8. The van der Waals surface area contributed by atoms with Crippen molar-refractivity contribution < 1.29 is 9.59 Å². The molecule has 0 heterocycles. The SMILES string of the molecule is CCC(=O)NC1CC(NC(=O)CC)CC(C(C)C)(C(C)C)C1. The summed E-state index contributed by atoms with van der Waals surface area (Å²) in [7, 11) is 0. The number of carbonyl (C=O) groups is 2. The molecule has 0 spiro atoms. The zero-order valence-electron chi connectivity index (χ0n) is 15.2. The van der Waals surface area contributed by atoms with Gasteiger partial charge in [-0.25, -0.2) is 0 Å². The van der Waals surface area contributed by atoms with Crippen LogP contribution < -0.4 is 10.6 Å². The second-order valence-corrected chi connectivity index (χ2v) is 7.42. The fraction of sp³-hybridized carbons (Fsp3) is 0.889. The number of amides is 2. The Bertz CT molecular complexity index is 355. The zero-order valence-corrected chi connectivity index (χ0v) is 15.2. The summed E-state index contributed by atoms with van der Waals surface area (Å²) in [6.45, 7) is 12.8. The Labute approximate surface area is 135 Å². The molecular weight excluding hydrogens is 276 g/mol. The van der Waals surface area contributed by atoms with Crippen molar-refractivity contribution in [2.45, 2.75) is 85.7 Å². The summed E-state index contributed by atoms with van der Waals surface area (Å²) < 4.78 is 0. The summed E-state index contributed by atoms with van der Waals surface area (Å²) in [5.74, 6) is 1.26. The quantitative estimate of drug-likeness (QED) is 0.791. The zero-order chi connectivity index (χ0) is 16.9. The molecule has 0 radical (unpaired) electrons. The van der Waals surface area contributed by atoms with E-state index in [1.54, 1.807) is 0 Å². The van der Waals surface area contributed by atoms with E-state index in [2.05, 4.69) is 38.3 Å². The molecule has 1 saturated carbocycles. The predicted octanol–water partition coefficient (Wildman–Crippen LogP) is 3.26. The summed E-state index contributed by atoms with van der Waals surface area (Å²) in [5.41, 5.74) is 0.162. The summed E-state index contributed by atoms with van der Waals surface area (Å²) in [4.78, 5) is 23.6. The van der Waals surface area contributed by atoms with Gasteiger partial charge in [0.05, 0.1) is 0 Å². The van der Waals surface area contributed by atoms with Gasteiger partial charge in [0.15, 0.2) is 0 Å². The van der Waals surface area contributed by atoms with Crippen LogP contribution in [0.25, 0.3) is 0 Å². The highest BCUT2D eigenvalue weighted by Gasteiger charge is 2.45. The molecule has 4 heteroatoms. The molecule has 2 unspecified atom stereocenters. The lowest BCUT2D eigenvalue weighted by atomic mass is 9.58. The van der Waals surface area contributed by atoms with Crippen LogP contribution in [-0.4, -0.2) is 23.9 Å². The van der Waals surface area contributed by atoms with Gasteiger partial charge in [0.25, 0.3) is 0 Å². The first kappa shape index (κ1) is 19.0. The fourth-order valence-electron chi connectivity index (χ4n) is 4.00. The smallest absolute Gasteiger partial charge is 0.219 e. The first-order valence-corrected chi connectivity index (χ1v) is 8.83. The van der Waals surface area contributed by atoms with Gasteiger partial charge in [0.1, 0.15) is 0 Å². The molecule has 4 nitrogen and oxygen atoms in total. The average molecular weight is 310 g/mol. The molecule has 1 fully saturated rings. The molecular formula is C18H34N2O2. The van der Waals surface area contributed by atoms with E-state index in [0.717, 1.165) is 19.3 Å². The molecule has 128 valence electrons. The van der Waals surface area contributed by atoms with Gasteiger partial charge in [0.2, 0.25) is 11.8 Å². The van der Waals surface area contributed by atoms with Gasteiger partial charge in [-0.2, -0.15) is 0 Å². The molecule has 0 aromatic heterocycles. The summed E-state index contributed by atoms with van der Waals surface area (Å²) in [6.07, 6.45) is 3.88. The molecule has 2 amide bonds. The molecule has 0 aromatic rings. The Morgan fingerprint density at radius 2 is 1.27 bits per heavy atom. The van der Waals surface area contributed by atoms with Crippen molar-refractivity contribution in [2.75, 3.05) is 0 Å². The number of hydrogen-bond donors (Lipinski definition) is 2. The van der Waals surface area contributed by atoms with Crippen LogP contribution in [0.4, 0.5) is 0 Å². The van der Waals surface area contributed by atoms with Crippen LogP contribution in [0.15, 0.2) is 0 Å². The third-order valence-corrected chi connectivity index (χ3v) is 5.49. The second kappa shape index (κ2) is 7.98. The molecule has 1 aliphatic rings. The van der Waals surface area contributed by atoms with E-state index in [1.165, 1.54) is 0 Å². The van der Waals surface area contributed by atoms with Gasteiger partial charge in [-0.1, -0.05) is 41.5 Å². The second-order valence-electron chi connectivity index (χ2n) is 7.42. The molecule has 0 saturated heterocycles.